The van der Waals surface area contributed by atoms with Crippen molar-refractivity contribution in [2.45, 2.75) is 33.4 Å². The van der Waals surface area contributed by atoms with Gasteiger partial charge in [0, 0.05) is 30.9 Å². The molecule has 3 rings (SSSR count). The van der Waals surface area contributed by atoms with Crippen LogP contribution in [0.15, 0.2) is 46.9 Å². The molecule has 29 heavy (non-hydrogen) atoms. The first-order chi connectivity index (χ1) is 13.9. The molecule has 2 aromatic heterocycles. The molecule has 0 saturated carbocycles. The zero-order valence-corrected chi connectivity index (χ0v) is 16.3. The van der Waals surface area contributed by atoms with Gasteiger partial charge in [0.05, 0.1) is 10.6 Å². The molecule has 0 aliphatic carbocycles. The van der Waals surface area contributed by atoms with Crippen molar-refractivity contribution in [3.05, 3.63) is 75.5 Å². The minimum absolute atomic E-state index is 0.00726. The van der Waals surface area contributed by atoms with Gasteiger partial charge in [0.15, 0.2) is 5.76 Å². The molecule has 1 amide bonds. The Balaban J connectivity index is 1.43. The maximum atomic E-state index is 12.2. The van der Waals surface area contributed by atoms with Crippen LogP contribution in [0, 0.1) is 24.0 Å². The lowest BCUT2D eigenvalue weighted by Crippen LogP contribution is -2.25. The van der Waals surface area contributed by atoms with E-state index in [4.69, 9.17) is 9.15 Å². The molecule has 0 unspecified atom stereocenters. The second-order valence-corrected chi connectivity index (χ2v) is 6.57. The van der Waals surface area contributed by atoms with Crippen LogP contribution in [0.4, 0.5) is 5.69 Å². The number of nitro benzene ring substituents is 1. The third-order valence-electron chi connectivity index (χ3n) is 4.25. The van der Waals surface area contributed by atoms with Gasteiger partial charge in [-0.25, -0.2) is 0 Å². The maximum absolute atomic E-state index is 12.2. The molecule has 0 spiro atoms. The molecule has 0 aliphatic heterocycles. The molecule has 9 heteroatoms. The minimum Gasteiger partial charge on any atom is -0.486 e. The fraction of sp³-hybridized carbons (Fsp3) is 0.300. The van der Waals surface area contributed by atoms with Crippen LogP contribution in [-0.2, 0) is 13.2 Å². The normalized spacial score (nSPS) is 10.7. The highest BCUT2D eigenvalue weighted by molar-refractivity contribution is 5.91. The van der Waals surface area contributed by atoms with Crippen LogP contribution in [0.2, 0.25) is 0 Å². The fourth-order valence-electron chi connectivity index (χ4n) is 2.82. The maximum Gasteiger partial charge on any atom is 0.286 e. The largest absolute Gasteiger partial charge is 0.486 e. The Morgan fingerprint density at radius 3 is 2.66 bits per heavy atom. The summed E-state index contributed by atoms with van der Waals surface area (Å²) >= 11 is 0. The molecular formula is C20H22N4O5. The topological polar surface area (TPSA) is 112 Å². The summed E-state index contributed by atoms with van der Waals surface area (Å²) in [5, 5.41) is 17.9. The number of hydrogen-bond acceptors (Lipinski definition) is 6. The van der Waals surface area contributed by atoms with Crippen molar-refractivity contribution in [3.63, 3.8) is 0 Å². The van der Waals surface area contributed by atoms with E-state index in [1.165, 1.54) is 24.3 Å². The second kappa shape index (κ2) is 9.05. The number of nitro groups is 1. The standard InChI is InChI=1S/C20H22N4O5/c1-14-12-15(2)23(22-14)11-3-10-21-20(25)19-9-8-18(29-19)13-28-17-6-4-16(5-7-17)24(26)27/h4-9,12H,3,10-11,13H2,1-2H3,(H,21,25). The summed E-state index contributed by atoms with van der Waals surface area (Å²) in [5.74, 6) is 0.872. The van der Waals surface area contributed by atoms with Gasteiger partial charge in [-0.3, -0.25) is 19.6 Å². The first-order valence-electron chi connectivity index (χ1n) is 9.17. The Kier molecular flexibility index (Phi) is 6.28. The Labute approximate surface area is 167 Å². The molecule has 0 radical (unpaired) electrons. The summed E-state index contributed by atoms with van der Waals surface area (Å²) in [6.07, 6.45) is 0.754. The average molecular weight is 398 g/mol. The number of aryl methyl sites for hydroxylation is 3. The number of nitrogens with zero attached hydrogens (tertiary/aromatic N) is 3. The fourth-order valence-corrected chi connectivity index (χ4v) is 2.82. The van der Waals surface area contributed by atoms with Gasteiger partial charge in [0.25, 0.3) is 11.6 Å². The number of carbonyl (C=O) groups is 1. The van der Waals surface area contributed by atoms with E-state index >= 15 is 0 Å². The van der Waals surface area contributed by atoms with E-state index in [1.807, 2.05) is 24.6 Å². The Morgan fingerprint density at radius 1 is 1.24 bits per heavy atom. The molecule has 0 bridgehead atoms. The lowest BCUT2D eigenvalue weighted by Gasteiger charge is -2.06. The Bertz CT molecular complexity index is 991. The van der Waals surface area contributed by atoms with Gasteiger partial charge in [0.2, 0.25) is 0 Å². The van der Waals surface area contributed by atoms with Crippen molar-refractivity contribution in [2.75, 3.05) is 6.54 Å². The van der Waals surface area contributed by atoms with Gasteiger partial charge in [-0.2, -0.15) is 5.10 Å². The van der Waals surface area contributed by atoms with Gasteiger partial charge in [-0.05, 0) is 50.6 Å². The predicted molar refractivity (Wildman–Crippen MR) is 105 cm³/mol. The number of hydrogen-bond donors (Lipinski definition) is 1. The van der Waals surface area contributed by atoms with E-state index in [0.717, 1.165) is 24.4 Å². The quantitative estimate of drug-likeness (QED) is 0.336. The molecule has 1 N–H and O–H groups in total. The molecule has 0 atom stereocenters. The van der Waals surface area contributed by atoms with Crippen molar-refractivity contribution in [1.29, 1.82) is 0 Å². The third kappa shape index (κ3) is 5.44. The Morgan fingerprint density at radius 2 is 2.00 bits per heavy atom. The van der Waals surface area contributed by atoms with E-state index in [2.05, 4.69) is 10.4 Å². The number of ether oxygens (including phenoxy) is 1. The lowest BCUT2D eigenvalue weighted by molar-refractivity contribution is -0.384. The first kappa shape index (κ1) is 20.1. The van der Waals surface area contributed by atoms with Crippen LogP contribution >= 0.6 is 0 Å². The van der Waals surface area contributed by atoms with E-state index in [9.17, 15) is 14.9 Å². The van der Waals surface area contributed by atoms with E-state index in [1.54, 1.807) is 12.1 Å². The number of furan rings is 1. The zero-order chi connectivity index (χ0) is 20.8. The molecule has 1 aromatic carbocycles. The number of rotatable bonds is 9. The van der Waals surface area contributed by atoms with Crippen molar-refractivity contribution in [1.82, 2.24) is 15.1 Å². The van der Waals surface area contributed by atoms with E-state index in [0.29, 0.717) is 18.1 Å². The van der Waals surface area contributed by atoms with Crippen LogP contribution < -0.4 is 10.1 Å². The number of aromatic nitrogens is 2. The van der Waals surface area contributed by atoms with Crippen LogP contribution in [-0.4, -0.2) is 27.2 Å². The van der Waals surface area contributed by atoms with Gasteiger partial charge in [-0.1, -0.05) is 0 Å². The summed E-state index contributed by atoms with van der Waals surface area (Å²) in [4.78, 5) is 22.4. The number of carbonyl (C=O) groups excluding carboxylic acids is 1. The minimum atomic E-state index is -0.474. The van der Waals surface area contributed by atoms with Crippen LogP contribution in [0.3, 0.4) is 0 Å². The monoisotopic (exact) mass is 398 g/mol. The van der Waals surface area contributed by atoms with E-state index in [-0.39, 0.29) is 24.0 Å². The molecule has 3 aromatic rings. The highest BCUT2D eigenvalue weighted by Crippen LogP contribution is 2.19. The highest BCUT2D eigenvalue weighted by Gasteiger charge is 2.12. The van der Waals surface area contributed by atoms with Crippen molar-refractivity contribution < 1.29 is 18.9 Å². The van der Waals surface area contributed by atoms with Gasteiger partial charge in [-0.15, -0.1) is 0 Å². The molecule has 152 valence electrons. The first-order valence-corrected chi connectivity index (χ1v) is 9.17. The summed E-state index contributed by atoms with van der Waals surface area (Å²) in [6.45, 7) is 5.30. The lowest BCUT2D eigenvalue weighted by atomic mass is 10.3. The molecule has 2 heterocycles. The summed E-state index contributed by atoms with van der Waals surface area (Å²) < 4.78 is 12.9. The number of non-ortho nitro benzene ring substituents is 1. The molecule has 0 fully saturated rings. The number of nitrogens with one attached hydrogen (secondary N) is 1. The SMILES string of the molecule is Cc1cc(C)n(CCCNC(=O)c2ccc(COc3ccc([N+](=O)[O-])cc3)o2)n1. The van der Waals surface area contributed by atoms with Crippen LogP contribution in [0.5, 0.6) is 5.75 Å². The highest BCUT2D eigenvalue weighted by atomic mass is 16.6. The smallest absolute Gasteiger partial charge is 0.286 e. The summed E-state index contributed by atoms with van der Waals surface area (Å²) in [5.41, 5.74) is 2.07. The molecule has 0 saturated heterocycles. The Hall–Kier alpha value is -3.62. The predicted octanol–water partition coefficient (Wildman–Crippen LogP) is 3.40. The molecular weight excluding hydrogens is 376 g/mol. The second-order valence-electron chi connectivity index (χ2n) is 6.57. The van der Waals surface area contributed by atoms with Crippen LogP contribution in [0.25, 0.3) is 0 Å². The van der Waals surface area contributed by atoms with Gasteiger partial charge >= 0.3 is 0 Å². The molecule has 0 aliphatic rings. The number of amides is 1. The van der Waals surface area contributed by atoms with Crippen LogP contribution in [0.1, 0.15) is 34.1 Å². The third-order valence-corrected chi connectivity index (χ3v) is 4.25. The van der Waals surface area contributed by atoms with Crippen molar-refractivity contribution >= 4 is 11.6 Å². The zero-order valence-electron chi connectivity index (χ0n) is 16.3. The number of benzene rings is 1. The molecule has 9 nitrogen and oxygen atoms in total. The average Bonchev–Trinajstić information content (AvgIpc) is 3.30. The van der Waals surface area contributed by atoms with E-state index < -0.39 is 4.92 Å². The summed E-state index contributed by atoms with van der Waals surface area (Å²) in [6, 6.07) is 11.0. The summed E-state index contributed by atoms with van der Waals surface area (Å²) in [7, 11) is 0. The van der Waals surface area contributed by atoms with Gasteiger partial charge in [0.1, 0.15) is 18.1 Å². The van der Waals surface area contributed by atoms with Crippen molar-refractivity contribution in [3.8, 4) is 5.75 Å². The van der Waals surface area contributed by atoms with Crippen molar-refractivity contribution in [2.24, 2.45) is 0 Å². The van der Waals surface area contributed by atoms with Gasteiger partial charge < -0.3 is 14.5 Å².